The Morgan fingerprint density at radius 2 is 1.96 bits per heavy atom. The molecular formula is C17H21N3O3. The second-order valence-corrected chi connectivity index (χ2v) is 4.90. The van der Waals surface area contributed by atoms with E-state index in [9.17, 15) is 9.59 Å². The molecule has 0 fully saturated rings. The molecule has 0 heterocycles. The van der Waals surface area contributed by atoms with E-state index in [1.54, 1.807) is 31.2 Å². The molecule has 6 heteroatoms. The molecule has 2 N–H and O–H groups in total. The van der Waals surface area contributed by atoms with E-state index >= 15 is 0 Å². The Labute approximate surface area is 136 Å². The zero-order valence-electron chi connectivity index (χ0n) is 13.6. The van der Waals surface area contributed by atoms with Gasteiger partial charge in [-0.05, 0) is 44.5 Å². The summed E-state index contributed by atoms with van der Waals surface area (Å²) in [4.78, 5) is 23.6. The third-order valence-corrected chi connectivity index (χ3v) is 3.14. The number of amides is 1. The fourth-order valence-electron chi connectivity index (χ4n) is 1.59. The molecule has 0 spiro atoms. The standard InChI is InChI=1S/C17H21N3O3/c1-4-12(3)19-11-14(10-18)16(21)20-15-8-6-13(7-9-15)17(22)23-5-2/h6-9,11-12,19H,4-5H2,1-3H3,(H,20,21)/b14-11-. The number of nitrogens with one attached hydrogen (secondary N) is 2. The van der Waals surface area contributed by atoms with Crippen molar-refractivity contribution in [2.24, 2.45) is 0 Å². The molecule has 0 aliphatic rings. The van der Waals surface area contributed by atoms with Crippen LogP contribution in [0.2, 0.25) is 0 Å². The molecule has 0 aromatic heterocycles. The number of ether oxygens (including phenoxy) is 1. The number of anilines is 1. The van der Waals surface area contributed by atoms with Gasteiger partial charge in [-0.3, -0.25) is 4.79 Å². The van der Waals surface area contributed by atoms with Gasteiger partial charge >= 0.3 is 5.97 Å². The maximum Gasteiger partial charge on any atom is 0.338 e. The normalized spacial score (nSPS) is 12.0. The minimum absolute atomic E-state index is 0.0141. The van der Waals surface area contributed by atoms with Crippen molar-refractivity contribution in [1.82, 2.24) is 5.32 Å². The molecule has 0 bridgehead atoms. The van der Waals surface area contributed by atoms with Crippen molar-refractivity contribution in [3.8, 4) is 6.07 Å². The average molecular weight is 315 g/mol. The number of nitrogens with zero attached hydrogens (tertiary/aromatic N) is 1. The van der Waals surface area contributed by atoms with Crippen molar-refractivity contribution in [1.29, 1.82) is 5.26 Å². The summed E-state index contributed by atoms with van der Waals surface area (Å²) in [6.07, 6.45) is 2.29. The molecular weight excluding hydrogens is 294 g/mol. The van der Waals surface area contributed by atoms with Crippen LogP contribution in [0.1, 0.15) is 37.6 Å². The van der Waals surface area contributed by atoms with Gasteiger partial charge in [0.25, 0.3) is 5.91 Å². The van der Waals surface area contributed by atoms with Crippen molar-refractivity contribution in [2.45, 2.75) is 33.2 Å². The summed E-state index contributed by atoms with van der Waals surface area (Å²) in [5.74, 6) is -0.923. The molecule has 0 saturated heterocycles. The first-order valence-corrected chi connectivity index (χ1v) is 7.46. The summed E-state index contributed by atoms with van der Waals surface area (Å²) in [5.41, 5.74) is 0.881. The van der Waals surface area contributed by atoms with Gasteiger partial charge in [-0.25, -0.2) is 4.79 Å². The van der Waals surface area contributed by atoms with E-state index in [1.807, 2.05) is 19.9 Å². The van der Waals surface area contributed by atoms with Crippen LogP contribution in [0.3, 0.4) is 0 Å². The first-order chi connectivity index (χ1) is 11.0. The van der Waals surface area contributed by atoms with Gasteiger partial charge in [0.2, 0.25) is 0 Å². The molecule has 23 heavy (non-hydrogen) atoms. The maximum atomic E-state index is 12.0. The molecule has 0 aliphatic heterocycles. The van der Waals surface area contributed by atoms with Crippen LogP contribution >= 0.6 is 0 Å². The summed E-state index contributed by atoms with van der Waals surface area (Å²) in [7, 11) is 0. The van der Waals surface area contributed by atoms with Crippen LogP contribution in [-0.4, -0.2) is 24.5 Å². The third-order valence-electron chi connectivity index (χ3n) is 3.14. The summed E-state index contributed by atoms with van der Waals surface area (Å²) < 4.78 is 4.88. The largest absolute Gasteiger partial charge is 0.462 e. The Morgan fingerprint density at radius 1 is 1.30 bits per heavy atom. The van der Waals surface area contributed by atoms with Crippen LogP contribution in [0.4, 0.5) is 5.69 Å². The molecule has 0 aliphatic carbocycles. The number of hydrogen-bond acceptors (Lipinski definition) is 5. The highest BCUT2D eigenvalue weighted by Crippen LogP contribution is 2.11. The number of carbonyl (C=O) groups is 2. The van der Waals surface area contributed by atoms with Crippen LogP contribution in [0.15, 0.2) is 36.0 Å². The Balaban J connectivity index is 2.73. The van der Waals surface area contributed by atoms with Crippen molar-refractivity contribution in [2.75, 3.05) is 11.9 Å². The highest BCUT2D eigenvalue weighted by molar-refractivity contribution is 6.06. The Hall–Kier alpha value is -2.81. The first-order valence-electron chi connectivity index (χ1n) is 7.46. The zero-order chi connectivity index (χ0) is 17.2. The summed E-state index contributed by atoms with van der Waals surface area (Å²) >= 11 is 0. The molecule has 1 amide bonds. The smallest absolute Gasteiger partial charge is 0.338 e. The van der Waals surface area contributed by atoms with Crippen molar-refractivity contribution in [3.63, 3.8) is 0 Å². The summed E-state index contributed by atoms with van der Waals surface area (Å²) in [6.45, 7) is 5.99. The topological polar surface area (TPSA) is 91.2 Å². The average Bonchev–Trinajstić information content (AvgIpc) is 2.56. The lowest BCUT2D eigenvalue weighted by Gasteiger charge is -2.09. The minimum atomic E-state index is -0.507. The lowest BCUT2D eigenvalue weighted by atomic mass is 10.2. The molecule has 1 aromatic carbocycles. The van der Waals surface area contributed by atoms with Gasteiger partial charge in [-0.1, -0.05) is 6.92 Å². The molecule has 0 radical (unpaired) electrons. The van der Waals surface area contributed by atoms with Crippen LogP contribution in [0.5, 0.6) is 0 Å². The Morgan fingerprint density at radius 3 is 2.48 bits per heavy atom. The van der Waals surface area contributed by atoms with Gasteiger partial charge in [0.05, 0.1) is 12.2 Å². The van der Waals surface area contributed by atoms with Crippen molar-refractivity contribution in [3.05, 3.63) is 41.6 Å². The molecule has 0 saturated carbocycles. The molecule has 1 atom stereocenters. The van der Waals surface area contributed by atoms with Crippen LogP contribution in [0, 0.1) is 11.3 Å². The fourth-order valence-corrected chi connectivity index (χ4v) is 1.59. The summed E-state index contributed by atoms with van der Waals surface area (Å²) in [6, 6.07) is 8.32. The van der Waals surface area contributed by atoms with E-state index in [1.165, 1.54) is 6.20 Å². The zero-order valence-corrected chi connectivity index (χ0v) is 13.6. The predicted molar refractivity (Wildman–Crippen MR) is 87.6 cm³/mol. The highest BCUT2D eigenvalue weighted by atomic mass is 16.5. The first kappa shape index (κ1) is 18.2. The lowest BCUT2D eigenvalue weighted by molar-refractivity contribution is -0.112. The molecule has 122 valence electrons. The second kappa shape index (κ2) is 9.26. The predicted octanol–water partition coefficient (Wildman–Crippen LogP) is 2.60. The lowest BCUT2D eigenvalue weighted by Crippen LogP contribution is -2.22. The van der Waals surface area contributed by atoms with E-state index in [4.69, 9.17) is 10.00 Å². The second-order valence-electron chi connectivity index (χ2n) is 4.90. The molecule has 1 unspecified atom stereocenters. The number of esters is 1. The van der Waals surface area contributed by atoms with E-state index in [0.717, 1.165) is 6.42 Å². The molecule has 1 aromatic rings. The van der Waals surface area contributed by atoms with Gasteiger partial charge in [-0.2, -0.15) is 5.26 Å². The number of carbonyl (C=O) groups excluding carboxylic acids is 2. The van der Waals surface area contributed by atoms with E-state index in [-0.39, 0.29) is 11.6 Å². The van der Waals surface area contributed by atoms with Crippen LogP contribution < -0.4 is 10.6 Å². The SMILES string of the molecule is CCOC(=O)c1ccc(NC(=O)/C(C#N)=C\NC(C)CC)cc1. The van der Waals surface area contributed by atoms with Gasteiger partial charge in [0.1, 0.15) is 11.6 Å². The third kappa shape index (κ3) is 5.83. The van der Waals surface area contributed by atoms with Gasteiger partial charge in [0, 0.05) is 17.9 Å². The number of nitriles is 1. The van der Waals surface area contributed by atoms with Crippen LogP contribution in [0.25, 0.3) is 0 Å². The minimum Gasteiger partial charge on any atom is -0.462 e. The van der Waals surface area contributed by atoms with Gasteiger partial charge in [-0.15, -0.1) is 0 Å². The fraction of sp³-hybridized carbons (Fsp3) is 0.353. The quantitative estimate of drug-likeness (QED) is 0.458. The Bertz CT molecular complexity index is 615. The summed E-state index contributed by atoms with van der Waals surface area (Å²) in [5, 5.41) is 14.6. The Kier molecular flexibility index (Phi) is 7.34. The van der Waals surface area contributed by atoms with E-state index < -0.39 is 11.9 Å². The van der Waals surface area contributed by atoms with Crippen molar-refractivity contribution >= 4 is 17.6 Å². The van der Waals surface area contributed by atoms with E-state index in [2.05, 4.69) is 10.6 Å². The number of rotatable bonds is 7. The molecule has 1 rings (SSSR count). The maximum absolute atomic E-state index is 12.0. The highest BCUT2D eigenvalue weighted by Gasteiger charge is 2.11. The monoisotopic (exact) mass is 315 g/mol. The van der Waals surface area contributed by atoms with Crippen LogP contribution in [-0.2, 0) is 9.53 Å². The van der Waals surface area contributed by atoms with E-state index in [0.29, 0.717) is 17.9 Å². The molecule has 6 nitrogen and oxygen atoms in total. The van der Waals surface area contributed by atoms with Gasteiger partial charge in [0.15, 0.2) is 0 Å². The van der Waals surface area contributed by atoms with Crippen molar-refractivity contribution < 1.29 is 14.3 Å². The number of benzene rings is 1. The number of hydrogen-bond donors (Lipinski definition) is 2. The van der Waals surface area contributed by atoms with Gasteiger partial charge < -0.3 is 15.4 Å².